The molecule has 2 aliphatic rings. The number of rotatable bonds is 4. The van der Waals surface area contributed by atoms with E-state index in [1.165, 1.54) is 16.4 Å². The van der Waals surface area contributed by atoms with Crippen molar-refractivity contribution in [3.8, 4) is 6.07 Å². The molecule has 0 N–H and O–H groups in total. The molecular formula is C18H20N4O4S. The first-order valence-electron chi connectivity index (χ1n) is 9.07. The average Bonchev–Trinajstić information content (AvgIpc) is 3.39. The van der Waals surface area contributed by atoms with Crippen LogP contribution in [-0.4, -0.2) is 36.1 Å². The molecule has 0 radical (unpaired) electrons. The van der Waals surface area contributed by atoms with E-state index in [2.05, 4.69) is 10.2 Å². The molecule has 2 aliphatic heterocycles. The highest BCUT2D eigenvalue weighted by atomic mass is 32.2. The molecule has 27 heavy (non-hydrogen) atoms. The van der Waals surface area contributed by atoms with Gasteiger partial charge in [-0.2, -0.15) is 9.57 Å². The van der Waals surface area contributed by atoms with Gasteiger partial charge in [-0.05, 0) is 37.8 Å². The number of ether oxygens (including phenoxy) is 1. The van der Waals surface area contributed by atoms with Crippen molar-refractivity contribution in [2.24, 2.45) is 0 Å². The fraction of sp³-hybridized carbons (Fsp3) is 0.500. The lowest BCUT2D eigenvalue weighted by molar-refractivity contribution is 0.0858. The summed E-state index contributed by atoms with van der Waals surface area (Å²) in [6, 6.07) is 7.67. The summed E-state index contributed by atoms with van der Waals surface area (Å²) in [4.78, 5) is 0.0123. The molecule has 2 fully saturated rings. The largest absolute Gasteiger partial charge is 0.421 e. The molecule has 0 spiro atoms. The number of hydrogen-bond donors (Lipinski definition) is 0. The Bertz CT molecular complexity index is 960. The summed E-state index contributed by atoms with van der Waals surface area (Å²) in [7, 11) is -3.86. The molecule has 4 rings (SSSR count). The Morgan fingerprint density at radius 3 is 2.70 bits per heavy atom. The topological polar surface area (TPSA) is 109 Å². The Hall–Kier alpha value is -2.28. The van der Waals surface area contributed by atoms with Gasteiger partial charge in [0.15, 0.2) is 0 Å². The number of nitrogens with zero attached hydrogens (tertiary/aromatic N) is 4. The lowest BCUT2D eigenvalue weighted by Gasteiger charge is -2.32. The molecule has 0 saturated carbocycles. The van der Waals surface area contributed by atoms with Crippen LogP contribution in [0.15, 0.2) is 33.6 Å². The van der Waals surface area contributed by atoms with Gasteiger partial charge in [-0.15, -0.1) is 10.2 Å². The van der Waals surface area contributed by atoms with Crippen molar-refractivity contribution in [3.63, 3.8) is 0 Å². The van der Waals surface area contributed by atoms with E-state index in [0.29, 0.717) is 31.4 Å². The lowest BCUT2D eigenvalue weighted by Crippen LogP contribution is -2.39. The van der Waals surface area contributed by atoms with Crippen LogP contribution in [0.2, 0.25) is 0 Å². The van der Waals surface area contributed by atoms with Gasteiger partial charge >= 0.3 is 0 Å². The third-order valence-corrected chi connectivity index (χ3v) is 6.96. The van der Waals surface area contributed by atoms with Crippen molar-refractivity contribution in [1.29, 1.82) is 5.26 Å². The summed E-state index contributed by atoms with van der Waals surface area (Å²) in [5.41, 5.74) is 0.132. The number of hydrogen-bond acceptors (Lipinski definition) is 7. The molecule has 0 bridgehead atoms. The molecule has 8 nitrogen and oxygen atoms in total. The van der Waals surface area contributed by atoms with Gasteiger partial charge in [0.1, 0.15) is 18.2 Å². The zero-order valence-electron chi connectivity index (χ0n) is 14.7. The molecule has 0 aliphatic carbocycles. The van der Waals surface area contributed by atoms with Crippen molar-refractivity contribution in [2.75, 3.05) is 13.2 Å². The molecule has 2 saturated heterocycles. The van der Waals surface area contributed by atoms with Crippen molar-refractivity contribution >= 4 is 10.0 Å². The predicted molar refractivity (Wildman–Crippen MR) is 93.9 cm³/mol. The molecular weight excluding hydrogens is 368 g/mol. The van der Waals surface area contributed by atoms with E-state index in [1.807, 2.05) is 6.07 Å². The molecule has 2 aromatic rings. The van der Waals surface area contributed by atoms with Gasteiger partial charge in [0.25, 0.3) is 0 Å². The number of nitriles is 1. The number of benzene rings is 1. The van der Waals surface area contributed by atoms with Crippen LogP contribution in [0.4, 0.5) is 0 Å². The highest BCUT2D eigenvalue weighted by molar-refractivity contribution is 7.89. The summed E-state index contributed by atoms with van der Waals surface area (Å²) in [5.74, 6) is 0.695. The van der Waals surface area contributed by atoms with Gasteiger partial charge in [0, 0.05) is 13.2 Å². The molecule has 142 valence electrons. The standard InChI is InChI=1S/C18H20N4O4S/c19-12-13-6-1-2-9-16(13)27(23,24)22-10-4-3-7-14(22)17-20-21-18(26-17)15-8-5-11-25-15/h1-2,6,9,14-15H,3-5,7-8,10-11H2/t14-,15-/m1/s1. The fourth-order valence-corrected chi connectivity index (χ4v) is 5.43. The highest BCUT2D eigenvalue weighted by Crippen LogP contribution is 2.37. The van der Waals surface area contributed by atoms with Crippen molar-refractivity contribution < 1.29 is 17.6 Å². The van der Waals surface area contributed by atoms with E-state index in [0.717, 1.165) is 25.7 Å². The third kappa shape index (κ3) is 3.36. The smallest absolute Gasteiger partial charge is 0.245 e. The Kier molecular flexibility index (Phi) is 4.95. The van der Waals surface area contributed by atoms with Crippen molar-refractivity contribution in [1.82, 2.24) is 14.5 Å². The minimum absolute atomic E-state index is 0.0123. The molecule has 2 atom stereocenters. The van der Waals surface area contributed by atoms with Crippen LogP contribution in [0.25, 0.3) is 0 Å². The maximum atomic E-state index is 13.3. The minimum Gasteiger partial charge on any atom is -0.421 e. The van der Waals surface area contributed by atoms with Crippen LogP contribution in [0.1, 0.15) is 61.6 Å². The maximum absolute atomic E-state index is 13.3. The lowest BCUT2D eigenvalue weighted by atomic mass is 10.1. The van der Waals surface area contributed by atoms with Gasteiger partial charge < -0.3 is 9.15 Å². The SMILES string of the molecule is N#Cc1ccccc1S(=O)(=O)N1CCCC[C@@H]1c1nnc([C@H]2CCCO2)o1. The highest BCUT2D eigenvalue weighted by Gasteiger charge is 2.39. The van der Waals surface area contributed by atoms with Crippen LogP contribution in [-0.2, 0) is 14.8 Å². The zero-order chi connectivity index (χ0) is 18.9. The van der Waals surface area contributed by atoms with Gasteiger partial charge in [-0.3, -0.25) is 0 Å². The van der Waals surface area contributed by atoms with Gasteiger partial charge in [0.05, 0.1) is 10.5 Å². The first-order valence-corrected chi connectivity index (χ1v) is 10.5. The first kappa shape index (κ1) is 18.1. The molecule has 3 heterocycles. The quantitative estimate of drug-likeness (QED) is 0.792. The van der Waals surface area contributed by atoms with Gasteiger partial charge in [-0.1, -0.05) is 18.6 Å². The van der Waals surface area contributed by atoms with Crippen molar-refractivity contribution in [3.05, 3.63) is 41.6 Å². The second-order valence-electron chi connectivity index (χ2n) is 6.72. The van der Waals surface area contributed by atoms with E-state index in [-0.39, 0.29) is 16.6 Å². The van der Waals surface area contributed by atoms with E-state index in [1.54, 1.807) is 12.1 Å². The summed E-state index contributed by atoms with van der Waals surface area (Å²) in [5, 5.41) is 17.5. The molecule has 0 amide bonds. The Morgan fingerprint density at radius 1 is 1.11 bits per heavy atom. The fourth-order valence-electron chi connectivity index (χ4n) is 3.63. The normalized spacial score (nSPS) is 24.0. The summed E-state index contributed by atoms with van der Waals surface area (Å²) >= 11 is 0. The van der Waals surface area contributed by atoms with Crippen LogP contribution >= 0.6 is 0 Å². The van der Waals surface area contributed by atoms with Gasteiger partial charge in [0.2, 0.25) is 21.8 Å². The average molecular weight is 388 g/mol. The predicted octanol–water partition coefficient (Wildman–Crippen LogP) is 2.71. The Balaban J connectivity index is 1.67. The first-order chi connectivity index (χ1) is 13.1. The van der Waals surface area contributed by atoms with E-state index in [4.69, 9.17) is 9.15 Å². The number of piperidine rings is 1. The van der Waals surface area contributed by atoms with Crippen molar-refractivity contribution in [2.45, 2.75) is 49.1 Å². The summed E-state index contributed by atoms with van der Waals surface area (Å²) in [6.45, 7) is 1.02. The van der Waals surface area contributed by atoms with E-state index < -0.39 is 16.1 Å². The molecule has 0 unspecified atom stereocenters. The Morgan fingerprint density at radius 2 is 1.93 bits per heavy atom. The summed E-state index contributed by atoms with van der Waals surface area (Å²) in [6.07, 6.45) is 3.77. The van der Waals surface area contributed by atoms with Crippen LogP contribution in [0.5, 0.6) is 0 Å². The third-order valence-electron chi connectivity index (χ3n) is 4.99. The maximum Gasteiger partial charge on any atom is 0.245 e. The number of sulfonamides is 1. The second kappa shape index (κ2) is 7.38. The molecule has 1 aromatic heterocycles. The van der Waals surface area contributed by atoms with E-state index in [9.17, 15) is 13.7 Å². The molecule has 1 aromatic carbocycles. The number of aromatic nitrogens is 2. The van der Waals surface area contributed by atoms with Gasteiger partial charge in [-0.25, -0.2) is 8.42 Å². The monoisotopic (exact) mass is 388 g/mol. The zero-order valence-corrected chi connectivity index (χ0v) is 15.6. The van der Waals surface area contributed by atoms with Crippen LogP contribution in [0, 0.1) is 11.3 Å². The Labute approximate surface area is 157 Å². The molecule has 9 heteroatoms. The van der Waals surface area contributed by atoms with E-state index >= 15 is 0 Å². The van der Waals surface area contributed by atoms with Crippen LogP contribution in [0.3, 0.4) is 0 Å². The minimum atomic E-state index is -3.86. The second-order valence-corrected chi connectivity index (χ2v) is 8.57. The summed E-state index contributed by atoms with van der Waals surface area (Å²) < 4.78 is 39.3. The van der Waals surface area contributed by atoms with Crippen LogP contribution < -0.4 is 0 Å².